The van der Waals surface area contributed by atoms with Crippen molar-refractivity contribution in [3.05, 3.63) is 0 Å². The van der Waals surface area contributed by atoms with Gasteiger partial charge in [-0.1, -0.05) is 0 Å². The molecule has 2 fully saturated rings. The summed E-state index contributed by atoms with van der Waals surface area (Å²) >= 11 is 1.57. The molecule has 0 bridgehead atoms. The molecule has 22 heavy (non-hydrogen) atoms. The van der Waals surface area contributed by atoms with Gasteiger partial charge in [-0.3, -0.25) is 14.4 Å². The molecular formula is C15H25N3O3S. The van der Waals surface area contributed by atoms with E-state index in [0.717, 1.165) is 32.4 Å². The van der Waals surface area contributed by atoms with E-state index in [1.54, 1.807) is 16.7 Å². The van der Waals surface area contributed by atoms with Crippen LogP contribution < -0.4 is 5.73 Å². The molecule has 2 saturated heterocycles. The van der Waals surface area contributed by atoms with Crippen molar-refractivity contribution in [3.63, 3.8) is 0 Å². The van der Waals surface area contributed by atoms with Crippen molar-refractivity contribution in [2.45, 2.75) is 37.9 Å². The van der Waals surface area contributed by atoms with Gasteiger partial charge in [0.05, 0.1) is 11.8 Å². The summed E-state index contributed by atoms with van der Waals surface area (Å²) in [4.78, 5) is 38.8. The van der Waals surface area contributed by atoms with Crippen LogP contribution in [0.1, 0.15) is 32.6 Å². The van der Waals surface area contributed by atoms with Crippen LogP contribution in [0.5, 0.6) is 0 Å². The van der Waals surface area contributed by atoms with Crippen LogP contribution in [0.15, 0.2) is 0 Å². The zero-order chi connectivity index (χ0) is 16.3. The monoisotopic (exact) mass is 327 g/mol. The fraction of sp³-hybridized carbons (Fsp3) is 0.800. The number of likely N-dealkylation sites (tertiary alicyclic amines) is 2. The molecule has 0 aromatic carbocycles. The van der Waals surface area contributed by atoms with Crippen LogP contribution in [0.2, 0.25) is 0 Å². The second kappa shape index (κ2) is 6.89. The number of thioether (sulfide) groups is 1. The van der Waals surface area contributed by atoms with Gasteiger partial charge in [0.25, 0.3) is 0 Å². The van der Waals surface area contributed by atoms with Crippen LogP contribution >= 0.6 is 11.8 Å². The van der Waals surface area contributed by atoms with Crippen LogP contribution in [0, 0.1) is 5.41 Å². The van der Waals surface area contributed by atoms with Crippen molar-refractivity contribution >= 4 is 29.5 Å². The third-order valence-electron chi connectivity index (χ3n) is 4.93. The van der Waals surface area contributed by atoms with Crippen LogP contribution in [0.3, 0.4) is 0 Å². The second-order valence-electron chi connectivity index (χ2n) is 6.42. The van der Waals surface area contributed by atoms with Gasteiger partial charge in [-0.2, -0.15) is 11.8 Å². The fourth-order valence-corrected chi connectivity index (χ4v) is 3.75. The maximum Gasteiger partial charge on any atom is 0.237 e. The highest BCUT2D eigenvalue weighted by Gasteiger charge is 2.42. The lowest BCUT2D eigenvalue weighted by molar-refractivity contribution is -0.144. The summed E-state index contributed by atoms with van der Waals surface area (Å²) in [5.41, 5.74) is 5.27. The molecule has 2 aliphatic heterocycles. The first-order valence-electron chi connectivity index (χ1n) is 7.74. The Labute approximate surface area is 135 Å². The van der Waals surface area contributed by atoms with Crippen molar-refractivity contribution in [1.29, 1.82) is 0 Å². The van der Waals surface area contributed by atoms with E-state index in [9.17, 15) is 14.4 Å². The van der Waals surface area contributed by atoms with Crippen molar-refractivity contribution in [1.82, 2.24) is 9.80 Å². The van der Waals surface area contributed by atoms with Gasteiger partial charge in [0.1, 0.15) is 0 Å². The van der Waals surface area contributed by atoms with Crippen molar-refractivity contribution in [3.8, 4) is 0 Å². The number of carbonyl (C=O) groups is 3. The number of rotatable bonds is 4. The largest absolute Gasteiger partial charge is 0.368 e. The van der Waals surface area contributed by atoms with Gasteiger partial charge >= 0.3 is 0 Å². The molecule has 3 amide bonds. The molecule has 1 atom stereocenters. The van der Waals surface area contributed by atoms with Gasteiger partial charge in [-0.05, 0) is 37.9 Å². The zero-order valence-corrected chi connectivity index (χ0v) is 14.2. The number of amides is 3. The minimum absolute atomic E-state index is 0.00616. The van der Waals surface area contributed by atoms with E-state index < -0.39 is 5.91 Å². The number of piperidine rings is 2. The first-order chi connectivity index (χ1) is 10.4. The number of nitrogens with zero attached hydrogens (tertiary/aromatic N) is 2. The normalized spacial score (nSPS) is 22.7. The van der Waals surface area contributed by atoms with E-state index in [1.165, 1.54) is 0 Å². The first kappa shape index (κ1) is 17.1. The molecular weight excluding hydrogens is 302 g/mol. The predicted molar refractivity (Wildman–Crippen MR) is 86.2 cm³/mol. The zero-order valence-electron chi connectivity index (χ0n) is 13.3. The Morgan fingerprint density at radius 1 is 1.32 bits per heavy atom. The number of nitrogens with two attached hydrogens (primary N) is 1. The summed E-state index contributed by atoms with van der Waals surface area (Å²) in [5.74, 6) is -0.256. The highest BCUT2D eigenvalue weighted by molar-refractivity contribution is 7.99. The molecule has 2 heterocycles. The van der Waals surface area contributed by atoms with E-state index in [4.69, 9.17) is 5.73 Å². The van der Waals surface area contributed by atoms with Gasteiger partial charge in [-0.25, -0.2) is 0 Å². The minimum Gasteiger partial charge on any atom is -0.368 e. The van der Waals surface area contributed by atoms with E-state index in [-0.39, 0.29) is 29.0 Å². The molecule has 6 nitrogen and oxygen atoms in total. The number of hydrogen-bond donors (Lipinski definition) is 1. The highest BCUT2D eigenvalue weighted by atomic mass is 32.2. The van der Waals surface area contributed by atoms with Crippen molar-refractivity contribution in [2.75, 3.05) is 32.4 Å². The Morgan fingerprint density at radius 3 is 2.50 bits per heavy atom. The fourth-order valence-electron chi connectivity index (χ4n) is 3.40. The predicted octanol–water partition coefficient (Wildman–Crippen LogP) is 0.454. The molecule has 0 radical (unpaired) electrons. The Balaban J connectivity index is 1.96. The van der Waals surface area contributed by atoms with E-state index >= 15 is 0 Å². The van der Waals surface area contributed by atoms with E-state index in [2.05, 4.69) is 0 Å². The molecule has 2 N–H and O–H groups in total. The number of hydrogen-bond acceptors (Lipinski definition) is 4. The molecule has 0 unspecified atom stereocenters. The molecule has 2 rings (SSSR count). The van der Waals surface area contributed by atoms with Gasteiger partial charge in [0.15, 0.2) is 0 Å². The van der Waals surface area contributed by atoms with Crippen LogP contribution in [0.4, 0.5) is 0 Å². The summed E-state index contributed by atoms with van der Waals surface area (Å²) in [6, 6.07) is 0. The van der Waals surface area contributed by atoms with Crippen molar-refractivity contribution in [2.24, 2.45) is 11.1 Å². The van der Waals surface area contributed by atoms with Gasteiger partial charge in [0.2, 0.25) is 17.7 Å². The lowest BCUT2D eigenvalue weighted by Gasteiger charge is -2.47. The van der Waals surface area contributed by atoms with Crippen LogP contribution in [-0.4, -0.2) is 65.2 Å². The topological polar surface area (TPSA) is 83.7 Å². The Morgan fingerprint density at radius 2 is 1.95 bits per heavy atom. The Kier molecular flexibility index (Phi) is 5.36. The molecule has 0 aromatic heterocycles. The molecule has 7 heteroatoms. The second-order valence-corrected chi connectivity index (χ2v) is 7.60. The number of primary amides is 1. The maximum atomic E-state index is 12.2. The molecule has 124 valence electrons. The third-order valence-corrected chi connectivity index (χ3v) is 5.84. The van der Waals surface area contributed by atoms with E-state index in [0.29, 0.717) is 13.0 Å². The summed E-state index contributed by atoms with van der Waals surface area (Å²) < 4.78 is 0. The molecule has 0 aromatic rings. The van der Waals surface area contributed by atoms with Gasteiger partial charge in [0, 0.05) is 26.1 Å². The Bertz CT molecular complexity index is 461. The SMILES string of the molecule is CS[C@H](C)C(=O)N1CCC2(CCC(=O)N(CC(N)=O)C2)CC1. The molecule has 1 spiro atoms. The molecule has 0 aliphatic carbocycles. The molecule has 0 saturated carbocycles. The van der Waals surface area contributed by atoms with Crippen LogP contribution in [-0.2, 0) is 14.4 Å². The average Bonchev–Trinajstić information content (AvgIpc) is 2.50. The first-order valence-corrected chi connectivity index (χ1v) is 9.03. The lowest BCUT2D eigenvalue weighted by atomic mass is 9.72. The highest BCUT2D eigenvalue weighted by Crippen LogP contribution is 2.40. The average molecular weight is 327 g/mol. The maximum absolute atomic E-state index is 12.2. The number of carbonyl (C=O) groups excluding carboxylic acids is 3. The smallest absolute Gasteiger partial charge is 0.237 e. The van der Waals surface area contributed by atoms with Gasteiger partial charge < -0.3 is 15.5 Å². The minimum atomic E-state index is -0.466. The Hall–Kier alpha value is -1.24. The molecule has 2 aliphatic rings. The lowest BCUT2D eigenvalue weighted by Crippen LogP contribution is -2.54. The standard InChI is InChI=1S/C15H25N3O3S/c1-11(22-2)14(21)17-7-5-15(6-8-17)4-3-13(20)18(10-15)9-12(16)19/h11H,3-10H2,1-2H3,(H2,16,19)/t11-/m1/s1. The van der Waals surface area contributed by atoms with E-state index in [1.807, 2.05) is 18.1 Å². The quantitative estimate of drug-likeness (QED) is 0.813. The van der Waals surface area contributed by atoms with Crippen LogP contribution in [0.25, 0.3) is 0 Å². The summed E-state index contributed by atoms with van der Waals surface area (Å²) in [6.45, 7) is 4.01. The van der Waals surface area contributed by atoms with Crippen molar-refractivity contribution < 1.29 is 14.4 Å². The summed E-state index contributed by atoms with van der Waals surface area (Å²) in [7, 11) is 0. The van der Waals surface area contributed by atoms with Gasteiger partial charge in [-0.15, -0.1) is 0 Å². The summed E-state index contributed by atoms with van der Waals surface area (Å²) in [6.07, 6.45) is 5.05. The third kappa shape index (κ3) is 3.74. The summed E-state index contributed by atoms with van der Waals surface area (Å²) in [5, 5.41) is -0.00616.